The van der Waals surface area contributed by atoms with Gasteiger partial charge in [0, 0.05) is 19.6 Å². The van der Waals surface area contributed by atoms with Crippen molar-refractivity contribution in [3.63, 3.8) is 0 Å². The van der Waals surface area contributed by atoms with Crippen LogP contribution in [-0.4, -0.2) is 37.0 Å². The summed E-state index contributed by atoms with van der Waals surface area (Å²) < 4.78 is 0. The van der Waals surface area contributed by atoms with Gasteiger partial charge in [-0.2, -0.15) is 0 Å². The maximum absolute atomic E-state index is 12.2. The molecule has 3 heteroatoms. The monoisotopic (exact) mass is 210 g/mol. The molecule has 0 aromatic carbocycles. The molecule has 0 aromatic heterocycles. The third-order valence-corrected chi connectivity index (χ3v) is 3.61. The standard InChI is InChI=1S/C12H22N2O/c1-10-4-3-7-14(9-10)12(15)11-5-2-6-13-8-11/h10-11,13H,2-9H2,1H3/t10?,11-/m0/s1. The molecule has 0 spiro atoms. The number of nitrogens with one attached hydrogen (secondary N) is 1. The van der Waals surface area contributed by atoms with Crippen molar-refractivity contribution < 1.29 is 4.79 Å². The summed E-state index contributed by atoms with van der Waals surface area (Å²) >= 11 is 0. The van der Waals surface area contributed by atoms with Gasteiger partial charge in [0.05, 0.1) is 5.92 Å². The lowest BCUT2D eigenvalue weighted by Crippen LogP contribution is -2.46. The van der Waals surface area contributed by atoms with Crippen LogP contribution in [0.1, 0.15) is 32.6 Å². The predicted molar refractivity (Wildman–Crippen MR) is 60.6 cm³/mol. The normalized spacial score (nSPS) is 32.7. The second kappa shape index (κ2) is 4.97. The minimum atomic E-state index is 0.254. The van der Waals surface area contributed by atoms with E-state index in [0.717, 1.165) is 39.0 Å². The van der Waals surface area contributed by atoms with E-state index in [-0.39, 0.29) is 5.92 Å². The van der Waals surface area contributed by atoms with Gasteiger partial charge in [-0.1, -0.05) is 6.92 Å². The summed E-state index contributed by atoms with van der Waals surface area (Å²) in [6.45, 7) is 6.19. The van der Waals surface area contributed by atoms with E-state index in [2.05, 4.69) is 17.1 Å². The third kappa shape index (κ3) is 2.71. The molecule has 2 fully saturated rings. The van der Waals surface area contributed by atoms with Gasteiger partial charge in [-0.05, 0) is 38.1 Å². The Labute approximate surface area is 92.2 Å². The minimum absolute atomic E-state index is 0.254. The summed E-state index contributed by atoms with van der Waals surface area (Å²) in [6.07, 6.45) is 4.70. The van der Waals surface area contributed by atoms with E-state index in [0.29, 0.717) is 11.8 Å². The highest BCUT2D eigenvalue weighted by Gasteiger charge is 2.28. The van der Waals surface area contributed by atoms with E-state index in [9.17, 15) is 4.79 Å². The van der Waals surface area contributed by atoms with E-state index in [1.807, 2.05) is 0 Å². The van der Waals surface area contributed by atoms with Gasteiger partial charge in [0.1, 0.15) is 0 Å². The van der Waals surface area contributed by atoms with Gasteiger partial charge in [0.15, 0.2) is 0 Å². The number of nitrogens with zero attached hydrogens (tertiary/aromatic N) is 1. The Morgan fingerprint density at radius 1 is 1.33 bits per heavy atom. The van der Waals surface area contributed by atoms with Gasteiger partial charge < -0.3 is 10.2 Å². The molecule has 2 aliphatic rings. The first kappa shape index (κ1) is 10.9. The number of carbonyl (C=O) groups is 1. The van der Waals surface area contributed by atoms with Crippen LogP contribution < -0.4 is 5.32 Å². The highest BCUT2D eigenvalue weighted by Crippen LogP contribution is 2.20. The van der Waals surface area contributed by atoms with E-state index in [1.54, 1.807) is 0 Å². The zero-order chi connectivity index (χ0) is 10.7. The molecule has 0 aliphatic carbocycles. The Balaban J connectivity index is 1.88. The summed E-state index contributed by atoms with van der Waals surface area (Å²) in [5, 5.41) is 3.32. The zero-order valence-electron chi connectivity index (χ0n) is 9.67. The van der Waals surface area contributed by atoms with E-state index >= 15 is 0 Å². The molecule has 1 unspecified atom stereocenters. The number of likely N-dealkylation sites (tertiary alicyclic amines) is 1. The van der Waals surface area contributed by atoms with Crippen LogP contribution in [0.15, 0.2) is 0 Å². The molecule has 2 atom stereocenters. The third-order valence-electron chi connectivity index (χ3n) is 3.61. The Bertz CT molecular complexity index is 224. The van der Waals surface area contributed by atoms with Crippen molar-refractivity contribution in [3.05, 3.63) is 0 Å². The molecule has 2 saturated heterocycles. The summed E-state index contributed by atoms with van der Waals surface area (Å²) in [5.74, 6) is 1.34. The molecule has 2 aliphatic heterocycles. The van der Waals surface area contributed by atoms with Gasteiger partial charge in [-0.25, -0.2) is 0 Å². The van der Waals surface area contributed by atoms with E-state index < -0.39 is 0 Å². The summed E-state index contributed by atoms with van der Waals surface area (Å²) in [7, 11) is 0. The molecular weight excluding hydrogens is 188 g/mol. The lowest BCUT2D eigenvalue weighted by atomic mass is 9.94. The van der Waals surface area contributed by atoms with Gasteiger partial charge in [-0.3, -0.25) is 4.79 Å². The summed E-state index contributed by atoms with van der Waals surface area (Å²) in [6, 6.07) is 0. The second-order valence-electron chi connectivity index (χ2n) is 5.07. The number of piperidine rings is 2. The molecule has 15 heavy (non-hydrogen) atoms. The molecule has 1 amide bonds. The van der Waals surface area contributed by atoms with Crippen molar-refractivity contribution >= 4 is 5.91 Å². The highest BCUT2D eigenvalue weighted by molar-refractivity contribution is 5.79. The molecule has 2 rings (SSSR count). The smallest absolute Gasteiger partial charge is 0.226 e. The maximum atomic E-state index is 12.2. The van der Waals surface area contributed by atoms with Crippen LogP contribution >= 0.6 is 0 Å². The number of hydrogen-bond donors (Lipinski definition) is 1. The lowest BCUT2D eigenvalue weighted by molar-refractivity contribution is -0.137. The lowest BCUT2D eigenvalue weighted by Gasteiger charge is -2.34. The van der Waals surface area contributed by atoms with Gasteiger partial charge >= 0.3 is 0 Å². The average molecular weight is 210 g/mol. The predicted octanol–water partition coefficient (Wildman–Crippen LogP) is 1.24. The Hall–Kier alpha value is -0.570. The van der Waals surface area contributed by atoms with Crippen LogP contribution in [0, 0.1) is 11.8 Å². The van der Waals surface area contributed by atoms with Crippen LogP contribution in [0.5, 0.6) is 0 Å². The number of carbonyl (C=O) groups excluding carboxylic acids is 1. The van der Waals surface area contributed by atoms with Crippen molar-refractivity contribution in [3.8, 4) is 0 Å². The Kier molecular flexibility index (Phi) is 3.62. The van der Waals surface area contributed by atoms with Gasteiger partial charge in [0.2, 0.25) is 5.91 Å². The Morgan fingerprint density at radius 2 is 2.20 bits per heavy atom. The van der Waals surface area contributed by atoms with Crippen LogP contribution in [0.4, 0.5) is 0 Å². The topological polar surface area (TPSA) is 32.3 Å². The number of rotatable bonds is 1. The largest absolute Gasteiger partial charge is 0.342 e. The van der Waals surface area contributed by atoms with E-state index in [1.165, 1.54) is 12.8 Å². The fourth-order valence-electron chi connectivity index (χ4n) is 2.71. The van der Waals surface area contributed by atoms with Crippen LogP contribution in [0.3, 0.4) is 0 Å². The van der Waals surface area contributed by atoms with Crippen molar-refractivity contribution in [2.24, 2.45) is 11.8 Å². The fraction of sp³-hybridized carbons (Fsp3) is 0.917. The first-order chi connectivity index (χ1) is 7.27. The summed E-state index contributed by atoms with van der Waals surface area (Å²) in [5.41, 5.74) is 0. The second-order valence-corrected chi connectivity index (χ2v) is 5.07. The van der Waals surface area contributed by atoms with Crippen molar-refractivity contribution in [2.45, 2.75) is 32.6 Å². The van der Waals surface area contributed by atoms with Crippen molar-refractivity contribution in [2.75, 3.05) is 26.2 Å². The van der Waals surface area contributed by atoms with Gasteiger partial charge in [0.25, 0.3) is 0 Å². The quantitative estimate of drug-likeness (QED) is 0.706. The molecule has 1 N–H and O–H groups in total. The maximum Gasteiger partial charge on any atom is 0.226 e. The van der Waals surface area contributed by atoms with Crippen LogP contribution in [0.25, 0.3) is 0 Å². The van der Waals surface area contributed by atoms with Gasteiger partial charge in [-0.15, -0.1) is 0 Å². The fourth-order valence-corrected chi connectivity index (χ4v) is 2.71. The molecule has 3 nitrogen and oxygen atoms in total. The number of amides is 1. The summed E-state index contributed by atoms with van der Waals surface area (Å²) in [4.78, 5) is 14.3. The number of hydrogen-bond acceptors (Lipinski definition) is 2. The minimum Gasteiger partial charge on any atom is -0.342 e. The first-order valence-corrected chi connectivity index (χ1v) is 6.27. The molecular formula is C12H22N2O. The van der Waals surface area contributed by atoms with Crippen LogP contribution in [-0.2, 0) is 4.79 Å². The van der Waals surface area contributed by atoms with E-state index in [4.69, 9.17) is 0 Å². The molecule has 0 saturated carbocycles. The van der Waals surface area contributed by atoms with Crippen molar-refractivity contribution in [1.82, 2.24) is 10.2 Å². The molecule has 0 radical (unpaired) electrons. The van der Waals surface area contributed by atoms with Crippen LogP contribution in [0.2, 0.25) is 0 Å². The zero-order valence-corrected chi connectivity index (χ0v) is 9.67. The Morgan fingerprint density at radius 3 is 2.87 bits per heavy atom. The molecule has 0 bridgehead atoms. The molecule has 0 aromatic rings. The molecule has 2 heterocycles. The average Bonchev–Trinajstić information content (AvgIpc) is 2.29. The first-order valence-electron chi connectivity index (χ1n) is 6.27. The highest BCUT2D eigenvalue weighted by atomic mass is 16.2. The molecule has 86 valence electrons. The van der Waals surface area contributed by atoms with Crippen molar-refractivity contribution in [1.29, 1.82) is 0 Å². The SMILES string of the molecule is CC1CCCN(C(=O)[C@H]2CCCNC2)C1.